The second-order valence-electron chi connectivity index (χ2n) is 6.86. The van der Waals surface area contributed by atoms with Crippen LogP contribution in [-0.4, -0.2) is 12.6 Å². The molecule has 1 heteroatoms. The lowest BCUT2D eigenvalue weighted by Crippen LogP contribution is -2.34. The second-order valence-corrected chi connectivity index (χ2v) is 6.86. The summed E-state index contributed by atoms with van der Waals surface area (Å²) in [4.78, 5) is 0. The van der Waals surface area contributed by atoms with Crippen LogP contribution in [0.5, 0.6) is 0 Å². The van der Waals surface area contributed by atoms with E-state index in [-0.39, 0.29) is 0 Å². The van der Waals surface area contributed by atoms with Gasteiger partial charge in [0.25, 0.3) is 0 Å². The Kier molecular flexibility index (Phi) is 4.82. The topological polar surface area (TPSA) is 12.0 Å². The van der Waals surface area contributed by atoms with Gasteiger partial charge in [0, 0.05) is 6.04 Å². The summed E-state index contributed by atoms with van der Waals surface area (Å²) in [7, 11) is 0. The van der Waals surface area contributed by atoms with E-state index in [4.69, 9.17) is 0 Å². The predicted molar refractivity (Wildman–Crippen MR) is 89.2 cm³/mol. The first kappa shape index (κ1) is 15.1. The number of fused-ring (bicyclic) bond motifs is 1. The standard InChI is InChI=1S/C19H27N/c1-5-20-17(14-19(2,3)4)13-16-11-8-10-15-9-6-7-12-18(15)16/h6-12,17,20H,5,13-14H2,1-4H3. The molecule has 0 heterocycles. The number of hydrogen-bond donors (Lipinski definition) is 1. The largest absolute Gasteiger partial charge is 0.314 e. The lowest BCUT2D eigenvalue weighted by atomic mass is 9.85. The van der Waals surface area contributed by atoms with Crippen LogP contribution in [0.15, 0.2) is 42.5 Å². The molecule has 1 atom stereocenters. The number of likely N-dealkylation sites (N-methyl/N-ethyl adjacent to an activating group) is 1. The van der Waals surface area contributed by atoms with Gasteiger partial charge in [0.2, 0.25) is 0 Å². The fourth-order valence-electron chi connectivity index (χ4n) is 2.98. The molecule has 0 radical (unpaired) electrons. The third kappa shape index (κ3) is 4.08. The summed E-state index contributed by atoms with van der Waals surface area (Å²) >= 11 is 0. The van der Waals surface area contributed by atoms with Crippen LogP contribution in [0.25, 0.3) is 10.8 Å². The molecule has 0 amide bonds. The fraction of sp³-hybridized carbons (Fsp3) is 0.474. The highest BCUT2D eigenvalue weighted by Crippen LogP contribution is 2.25. The van der Waals surface area contributed by atoms with E-state index in [0.29, 0.717) is 11.5 Å². The van der Waals surface area contributed by atoms with Gasteiger partial charge in [-0.15, -0.1) is 0 Å². The molecule has 0 bridgehead atoms. The van der Waals surface area contributed by atoms with E-state index in [9.17, 15) is 0 Å². The number of benzene rings is 2. The van der Waals surface area contributed by atoms with Crippen LogP contribution in [0.3, 0.4) is 0 Å². The molecule has 20 heavy (non-hydrogen) atoms. The van der Waals surface area contributed by atoms with Crippen LogP contribution >= 0.6 is 0 Å². The number of rotatable bonds is 5. The highest BCUT2D eigenvalue weighted by Gasteiger charge is 2.18. The van der Waals surface area contributed by atoms with Gasteiger partial charge in [0.05, 0.1) is 0 Å². The van der Waals surface area contributed by atoms with Gasteiger partial charge in [-0.2, -0.15) is 0 Å². The average molecular weight is 269 g/mol. The minimum Gasteiger partial charge on any atom is -0.314 e. The maximum absolute atomic E-state index is 3.65. The molecule has 0 spiro atoms. The smallest absolute Gasteiger partial charge is 0.0113 e. The van der Waals surface area contributed by atoms with E-state index in [1.54, 1.807) is 0 Å². The summed E-state index contributed by atoms with van der Waals surface area (Å²) in [5, 5.41) is 6.39. The first-order valence-electron chi connectivity index (χ1n) is 7.69. The van der Waals surface area contributed by atoms with Gasteiger partial charge in [-0.05, 0) is 41.1 Å². The van der Waals surface area contributed by atoms with Crippen molar-refractivity contribution in [3.8, 4) is 0 Å². The van der Waals surface area contributed by atoms with E-state index >= 15 is 0 Å². The minimum atomic E-state index is 0.359. The summed E-state index contributed by atoms with van der Waals surface area (Å²) < 4.78 is 0. The van der Waals surface area contributed by atoms with Crippen molar-refractivity contribution >= 4 is 10.8 Å². The zero-order chi connectivity index (χ0) is 14.6. The van der Waals surface area contributed by atoms with Crippen molar-refractivity contribution in [1.82, 2.24) is 5.32 Å². The maximum atomic E-state index is 3.65. The molecule has 2 aromatic rings. The highest BCUT2D eigenvalue weighted by molar-refractivity contribution is 5.85. The monoisotopic (exact) mass is 269 g/mol. The Balaban J connectivity index is 2.24. The van der Waals surface area contributed by atoms with Gasteiger partial charge in [-0.25, -0.2) is 0 Å². The van der Waals surface area contributed by atoms with Gasteiger partial charge in [-0.3, -0.25) is 0 Å². The summed E-state index contributed by atoms with van der Waals surface area (Å²) in [6.45, 7) is 10.2. The van der Waals surface area contributed by atoms with Crippen LogP contribution in [0.4, 0.5) is 0 Å². The van der Waals surface area contributed by atoms with Crippen molar-refractivity contribution in [1.29, 1.82) is 0 Å². The van der Waals surface area contributed by atoms with Crippen LogP contribution in [-0.2, 0) is 6.42 Å². The molecule has 0 aliphatic heterocycles. The Hall–Kier alpha value is -1.34. The molecule has 0 aliphatic carbocycles. The number of hydrogen-bond acceptors (Lipinski definition) is 1. The lowest BCUT2D eigenvalue weighted by molar-refractivity contribution is 0.309. The number of nitrogens with one attached hydrogen (secondary N) is 1. The van der Waals surface area contributed by atoms with E-state index in [2.05, 4.69) is 75.5 Å². The molecule has 2 aromatic carbocycles. The SMILES string of the molecule is CCNC(Cc1cccc2ccccc12)CC(C)(C)C. The molecule has 0 aliphatic rings. The van der Waals surface area contributed by atoms with Gasteiger partial charge in [-0.1, -0.05) is 70.2 Å². The van der Waals surface area contributed by atoms with Crippen molar-refractivity contribution < 1.29 is 0 Å². The predicted octanol–water partition coefficient (Wildman–Crippen LogP) is 4.80. The molecule has 0 saturated carbocycles. The van der Waals surface area contributed by atoms with Crippen LogP contribution < -0.4 is 5.32 Å². The Bertz CT molecular complexity index is 546. The third-order valence-electron chi connectivity index (χ3n) is 3.70. The van der Waals surface area contributed by atoms with Gasteiger partial charge >= 0.3 is 0 Å². The normalized spacial score (nSPS) is 13.6. The Labute approximate surface area is 123 Å². The summed E-state index contributed by atoms with van der Waals surface area (Å²) in [5.41, 5.74) is 1.82. The quantitative estimate of drug-likeness (QED) is 0.822. The van der Waals surface area contributed by atoms with Crippen LogP contribution in [0.2, 0.25) is 0 Å². The molecule has 2 rings (SSSR count). The van der Waals surface area contributed by atoms with Gasteiger partial charge in [0.15, 0.2) is 0 Å². The van der Waals surface area contributed by atoms with Crippen molar-refractivity contribution in [3.63, 3.8) is 0 Å². The molecular formula is C19H27N. The van der Waals surface area contributed by atoms with Crippen LogP contribution in [0.1, 0.15) is 39.7 Å². The molecule has 1 N–H and O–H groups in total. The third-order valence-corrected chi connectivity index (χ3v) is 3.70. The summed E-state index contributed by atoms with van der Waals surface area (Å²) in [6, 6.07) is 15.9. The molecular weight excluding hydrogens is 242 g/mol. The first-order valence-corrected chi connectivity index (χ1v) is 7.69. The zero-order valence-corrected chi connectivity index (χ0v) is 13.2. The van der Waals surface area contributed by atoms with Crippen molar-refractivity contribution in [2.45, 2.75) is 46.6 Å². The average Bonchev–Trinajstić information content (AvgIpc) is 2.37. The maximum Gasteiger partial charge on any atom is 0.0113 e. The fourth-order valence-corrected chi connectivity index (χ4v) is 2.98. The molecule has 1 unspecified atom stereocenters. The van der Waals surface area contributed by atoms with E-state index in [1.165, 1.54) is 22.8 Å². The van der Waals surface area contributed by atoms with Gasteiger partial charge < -0.3 is 5.32 Å². The van der Waals surface area contributed by atoms with E-state index in [0.717, 1.165) is 13.0 Å². The molecule has 0 saturated heterocycles. The Morgan fingerprint density at radius 3 is 2.40 bits per heavy atom. The minimum absolute atomic E-state index is 0.359. The second kappa shape index (κ2) is 6.41. The van der Waals surface area contributed by atoms with Crippen molar-refractivity contribution in [2.75, 3.05) is 6.54 Å². The summed E-state index contributed by atoms with van der Waals surface area (Å²) in [5.74, 6) is 0. The highest BCUT2D eigenvalue weighted by atomic mass is 14.9. The molecule has 108 valence electrons. The Morgan fingerprint density at radius 2 is 1.70 bits per heavy atom. The van der Waals surface area contributed by atoms with E-state index in [1.807, 2.05) is 0 Å². The Morgan fingerprint density at radius 1 is 1.00 bits per heavy atom. The van der Waals surface area contributed by atoms with Crippen molar-refractivity contribution in [2.24, 2.45) is 5.41 Å². The zero-order valence-electron chi connectivity index (χ0n) is 13.2. The van der Waals surface area contributed by atoms with E-state index < -0.39 is 0 Å². The van der Waals surface area contributed by atoms with Crippen molar-refractivity contribution in [3.05, 3.63) is 48.0 Å². The first-order chi connectivity index (χ1) is 9.49. The molecule has 0 fully saturated rings. The summed E-state index contributed by atoms with van der Waals surface area (Å²) in [6.07, 6.45) is 2.30. The van der Waals surface area contributed by atoms with Crippen LogP contribution in [0, 0.1) is 5.41 Å². The molecule has 1 nitrogen and oxygen atoms in total. The molecule has 0 aromatic heterocycles. The lowest BCUT2D eigenvalue weighted by Gasteiger charge is -2.27. The van der Waals surface area contributed by atoms with Gasteiger partial charge in [0.1, 0.15) is 0 Å².